The van der Waals surface area contributed by atoms with Crippen molar-refractivity contribution in [3.05, 3.63) is 70.2 Å². The molecule has 0 atom stereocenters. The van der Waals surface area contributed by atoms with Gasteiger partial charge in [-0.05, 0) is 42.4 Å². The first-order valence-corrected chi connectivity index (χ1v) is 7.73. The summed E-state index contributed by atoms with van der Waals surface area (Å²) in [6, 6.07) is 18.1. The van der Waals surface area contributed by atoms with E-state index in [9.17, 15) is 0 Å². The molecule has 0 amide bonds. The fraction of sp³-hybridized carbons (Fsp3) is 0.125. The van der Waals surface area contributed by atoms with Gasteiger partial charge in [0.15, 0.2) is 5.11 Å². The summed E-state index contributed by atoms with van der Waals surface area (Å²) in [4.78, 5) is 0. The van der Waals surface area contributed by atoms with Crippen molar-refractivity contribution < 1.29 is 0 Å². The lowest BCUT2D eigenvalue weighted by Crippen LogP contribution is -2.32. The lowest BCUT2D eigenvalue weighted by molar-refractivity contribution is 0.866. The molecule has 0 unspecified atom stereocenters. The molecular formula is C16H16BrN3S. The van der Waals surface area contributed by atoms with Gasteiger partial charge in [-0.2, -0.15) is 5.10 Å². The normalized spacial score (nSPS) is 11.0. The second-order valence-electron chi connectivity index (χ2n) is 4.48. The first-order chi connectivity index (χ1) is 10.1. The van der Waals surface area contributed by atoms with Crippen molar-refractivity contribution >= 4 is 39.0 Å². The zero-order chi connectivity index (χ0) is 15.1. The monoisotopic (exact) mass is 361 g/mol. The third-order valence-electron chi connectivity index (χ3n) is 2.88. The van der Waals surface area contributed by atoms with Gasteiger partial charge >= 0.3 is 0 Å². The highest BCUT2D eigenvalue weighted by Gasteiger charge is 1.99. The summed E-state index contributed by atoms with van der Waals surface area (Å²) < 4.78 is 1.05. The van der Waals surface area contributed by atoms with E-state index in [2.05, 4.69) is 31.8 Å². The second kappa shape index (κ2) is 7.90. The smallest absolute Gasteiger partial charge is 0.187 e. The van der Waals surface area contributed by atoms with Crippen LogP contribution in [0.25, 0.3) is 0 Å². The molecule has 2 aromatic rings. The third-order valence-corrected chi connectivity index (χ3v) is 3.65. The maximum atomic E-state index is 5.21. The number of nitrogens with zero attached hydrogens (tertiary/aromatic N) is 1. The number of rotatable bonds is 4. The topological polar surface area (TPSA) is 36.4 Å². The molecule has 2 rings (SSSR count). The molecule has 108 valence electrons. The molecule has 0 fully saturated rings. The maximum absolute atomic E-state index is 5.21. The minimum atomic E-state index is 0.510. The number of benzene rings is 2. The maximum Gasteiger partial charge on any atom is 0.187 e. The van der Waals surface area contributed by atoms with E-state index in [1.165, 1.54) is 5.56 Å². The van der Waals surface area contributed by atoms with Gasteiger partial charge in [-0.3, -0.25) is 5.43 Å². The lowest BCUT2D eigenvalue weighted by Gasteiger charge is -2.08. The Kier molecular flexibility index (Phi) is 5.90. The molecule has 0 saturated heterocycles. The number of hydrogen-bond acceptors (Lipinski definition) is 2. The second-order valence-corrected chi connectivity index (χ2v) is 5.81. The summed E-state index contributed by atoms with van der Waals surface area (Å²) in [6.07, 6.45) is 0. The Labute approximate surface area is 138 Å². The first-order valence-electron chi connectivity index (χ1n) is 6.53. The minimum Gasteiger partial charge on any atom is -0.357 e. The predicted octanol–water partition coefficient (Wildman–Crippen LogP) is 3.84. The van der Waals surface area contributed by atoms with Crippen LogP contribution in [0.1, 0.15) is 18.1 Å². The summed E-state index contributed by atoms with van der Waals surface area (Å²) in [5, 5.41) is 7.91. The molecule has 0 aliphatic rings. The van der Waals surface area contributed by atoms with Gasteiger partial charge in [-0.15, -0.1) is 0 Å². The molecule has 0 bridgehead atoms. The van der Waals surface area contributed by atoms with Crippen LogP contribution >= 0.6 is 28.1 Å². The molecule has 0 saturated carbocycles. The molecule has 0 spiro atoms. The van der Waals surface area contributed by atoms with Gasteiger partial charge < -0.3 is 5.32 Å². The van der Waals surface area contributed by atoms with Crippen molar-refractivity contribution in [1.29, 1.82) is 0 Å². The molecule has 2 N–H and O–H groups in total. The Balaban J connectivity index is 1.85. The average Bonchev–Trinajstić information content (AvgIpc) is 2.52. The van der Waals surface area contributed by atoms with Crippen molar-refractivity contribution in [2.75, 3.05) is 0 Å². The Morgan fingerprint density at radius 2 is 1.76 bits per heavy atom. The summed E-state index contributed by atoms with van der Waals surface area (Å²) in [7, 11) is 0. The van der Waals surface area contributed by atoms with E-state index in [0.29, 0.717) is 11.7 Å². The Hall–Kier alpha value is -1.72. The van der Waals surface area contributed by atoms with E-state index in [-0.39, 0.29) is 0 Å². The first kappa shape index (κ1) is 15.7. The van der Waals surface area contributed by atoms with Gasteiger partial charge in [0.2, 0.25) is 0 Å². The molecule has 21 heavy (non-hydrogen) atoms. The molecule has 5 heteroatoms. The van der Waals surface area contributed by atoms with Crippen LogP contribution in [0.15, 0.2) is 64.2 Å². The van der Waals surface area contributed by atoms with Crippen molar-refractivity contribution in [1.82, 2.24) is 10.7 Å². The van der Waals surface area contributed by atoms with E-state index in [4.69, 9.17) is 12.2 Å². The van der Waals surface area contributed by atoms with Crippen LogP contribution in [0.3, 0.4) is 0 Å². The van der Waals surface area contributed by atoms with E-state index in [1.54, 1.807) is 0 Å². The fourth-order valence-electron chi connectivity index (χ4n) is 1.71. The number of halogens is 1. The van der Waals surface area contributed by atoms with Gasteiger partial charge in [-0.25, -0.2) is 0 Å². The number of thiocarbonyl (C=S) groups is 1. The molecule has 0 aromatic heterocycles. The van der Waals surface area contributed by atoms with E-state index < -0.39 is 0 Å². The van der Waals surface area contributed by atoms with Gasteiger partial charge in [0.05, 0.1) is 5.71 Å². The molecule has 0 aliphatic heterocycles. The predicted molar refractivity (Wildman–Crippen MR) is 95.4 cm³/mol. The fourth-order valence-corrected chi connectivity index (χ4v) is 2.09. The van der Waals surface area contributed by atoms with E-state index in [1.807, 2.05) is 61.5 Å². The van der Waals surface area contributed by atoms with Crippen LogP contribution in [0, 0.1) is 0 Å². The number of hydrazone groups is 1. The van der Waals surface area contributed by atoms with Crippen molar-refractivity contribution in [3.8, 4) is 0 Å². The van der Waals surface area contributed by atoms with Gasteiger partial charge in [0.25, 0.3) is 0 Å². The van der Waals surface area contributed by atoms with Crippen LogP contribution in [0.5, 0.6) is 0 Å². The van der Waals surface area contributed by atoms with Crippen LogP contribution < -0.4 is 10.7 Å². The van der Waals surface area contributed by atoms with Crippen LogP contribution in [-0.4, -0.2) is 10.8 Å². The summed E-state index contributed by atoms with van der Waals surface area (Å²) in [5.74, 6) is 0. The van der Waals surface area contributed by atoms with Gasteiger partial charge in [-0.1, -0.05) is 58.4 Å². The van der Waals surface area contributed by atoms with Crippen molar-refractivity contribution in [2.45, 2.75) is 13.5 Å². The zero-order valence-corrected chi connectivity index (χ0v) is 14.0. The average molecular weight is 362 g/mol. The summed E-state index contributed by atoms with van der Waals surface area (Å²) in [6.45, 7) is 2.62. The molecular weight excluding hydrogens is 346 g/mol. The highest BCUT2D eigenvalue weighted by molar-refractivity contribution is 9.10. The Morgan fingerprint density at radius 3 is 2.43 bits per heavy atom. The number of nitrogens with one attached hydrogen (secondary N) is 2. The largest absolute Gasteiger partial charge is 0.357 e. The molecule has 0 aliphatic carbocycles. The lowest BCUT2D eigenvalue weighted by atomic mass is 10.1. The van der Waals surface area contributed by atoms with Gasteiger partial charge in [0, 0.05) is 11.0 Å². The highest BCUT2D eigenvalue weighted by atomic mass is 79.9. The molecule has 0 radical (unpaired) electrons. The standard InChI is InChI=1S/C16H16BrN3S/c1-12(14-7-9-15(17)10-8-14)19-20-16(21)18-11-13-5-3-2-4-6-13/h2-10H,11H2,1H3,(H2,18,20,21). The van der Waals surface area contributed by atoms with Crippen molar-refractivity contribution in [2.24, 2.45) is 5.10 Å². The number of hydrogen-bond donors (Lipinski definition) is 2. The zero-order valence-electron chi connectivity index (χ0n) is 11.6. The van der Waals surface area contributed by atoms with Crippen LogP contribution in [-0.2, 0) is 6.54 Å². The summed E-state index contributed by atoms with van der Waals surface area (Å²) in [5.41, 5.74) is 5.97. The minimum absolute atomic E-state index is 0.510. The Bertz CT molecular complexity index is 624. The highest BCUT2D eigenvalue weighted by Crippen LogP contribution is 2.10. The molecule has 0 heterocycles. The summed E-state index contributed by atoms with van der Waals surface area (Å²) >= 11 is 8.62. The SMILES string of the molecule is CC(=NNC(=S)NCc1ccccc1)c1ccc(Br)cc1. The van der Waals surface area contributed by atoms with Crippen molar-refractivity contribution in [3.63, 3.8) is 0 Å². The Morgan fingerprint density at radius 1 is 1.10 bits per heavy atom. The quantitative estimate of drug-likeness (QED) is 0.493. The molecule has 2 aromatic carbocycles. The van der Waals surface area contributed by atoms with E-state index in [0.717, 1.165) is 15.7 Å². The van der Waals surface area contributed by atoms with Crippen LogP contribution in [0.2, 0.25) is 0 Å². The third kappa shape index (κ3) is 5.28. The van der Waals surface area contributed by atoms with Crippen LogP contribution in [0.4, 0.5) is 0 Å². The van der Waals surface area contributed by atoms with E-state index >= 15 is 0 Å². The molecule has 3 nitrogen and oxygen atoms in total. The van der Waals surface area contributed by atoms with Gasteiger partial charge in [0.1, 0.15) is 0 Å².